The average Bonchev–Trinajstić information content (AvgIpc) is 2.63. The Bertz CT molecular complexity index is 753. The van der Waals surface area contributed by atoms with Gasteiger partial charge in [0.05, 0.1) is 0 Å². The number of ketones is 1. The maximum absolute atomic E-state index is 12.2. The molecule has 1 aromatic heterocycles. The van der Waals surface area contributed by atoms with Gasteiger partial charge in [0.25, 0.3) is 0 Å². The fourth-order valence-electron chi connectivity index (χ4n) is 2.36. The van der Waals surface area contributed by atoms with Crippen molar-refractivity contribution >= 4 is 11.5 Å². The van der Waals surface area contributed by atoms with E-state index in [2.05, 4.69) is 17.4 Å². The number of pyridine rings is 1. The molecule has 0 atom stereocenters. The van der Waals surface area contributed by atoms with Gasteiger partial charge in [-0.1, -0.05) is 60.7 Å². The average molecular weight is 303 g/mol. The number of rotatable bonds is 6. The Balaban J connectivity index is 1.58. The van der Waals surface area contributed by atoms with E-state index >= 15 is 0 Å². The molecule has 0 fully saturated rings. The van der Waals surface area contributed by atoms with E-state index in [9.17, 15) is 4.79 Å². The van der Waals surface area contributed by atoms with E-state index in [4.69, 9.17) is 0 Å². The number of carbonyl (C=O) groups is 1. The van der Waals surface area contributed by atoms with Gasteiger partial charge in [-0.05, 0) is 5.56 Å². The van der Waals surface area contributed by atoms with Crippen LogP contribution in [0.15, 0.2) is 85.2 Å². The van der Waals surface area contributed by atoms with Crippen molar-refractivity contribution in [2.24, 2.45) is 0 Å². The number of anilines is 1. The molecule has 0 aliphatic carbocycles. The first kappa shape index (κ1) is 15.0. The van der Waals surface area contributed by atoms with Crippen molar-refractivity contribution in [3.05, 3.63) is 96.3 Å². The van der Waals surface area contributed by atoms with Crippen LogP contribution >= 0.6 is 0 Å². The molecule has 23 heavy (non-hydrogen) atoms. The fraction of sp³-hybridized carbons (Fsp3) is 0.100. The van der Waals surface area contributed by atoms with E-state index in [0.717, 1.165) is 17.8 Å². The third kappa shape index (κ3) is 4.27. The summed E-state index contributed by atoms with van der Waals surface area (Å²) in [5.74, 6) is 0.112. The minimum absolute atomic E-state index is 0.112. The topological polar surface area (TPSA) is 33.0 Å². The third-order valence-corrected chi connectivity index (χ3v) is 3.65. The molecule has 1 heterocycles. The molecular formula is C20H19N2O+. The van der Waals surface area contributed by atoms with Crippen LogP contribution in [-0.2, 0) is 13.1 Å². The van der Waals surface area contributed by atoms with Crippen molar-refractivity contribution in [1.82, 2.24) is 0 Å². The molecule has 0 saturated heterocycles. The second-order valence-electron chi connectivity index (χ2n) is 5.39. The smallest absolute Gasteiger partial charge is 0.227 e. The first-order valence-electron chi connectivity index (χ1n) is 7.66. The van der Waals surface area contributed by atoms with Crippen molar-refractivity contribution in [2.75, 3.05) is 5.32 Å². The zero-order chi connectivity index (χ0) is 15.9. The molecule has 3 aromatic rings. The second-order valence-corrected chi connectivity index (χ2v) is 5.39. The van der Waals surface area contributed by atoms with Crippen molar-refractivity contribution in [3.63, 3.8) is 0 Å². The lowest BCUT2D eigenvalue weighted by molar-refractivity contribution is -0.683. The zero-order valence-corrected chi connectivity index (χ0v) is 12.9. The number of hydrogen-bond acceptors (Lipinski definition) is 2. The van der Waals surface area contributed by atoms with Gasteiger partial charge < -0.3 is 5.32 Å². The molecule has 1 N–H and O–H groups in total. The van der Waals surface area contributed by atoms with Gasteiger partial charge in [-0.3, -0.25) is 4.79 Å². The Hall–Kier alpha value is -2.94. The first-order chi connectivity index (χ1) is 11.3. The van der Waals surface area contributed by atoms with Gasteiger partial charge >= 0.3 is 0 Å². The standard InChI is InChI=1S/C20H18N2O/c23-20(18-9-5-2-6-10-18)16-22-13-11-19(12-14-22)21-15-17-7-3-1-4-8-17/h1-14H,15-16H2/p+1. The Labute approximate surface area is 136 Å². The van der Waals surface area contributed by atoms with Crippen LogP contribution in [0.4, 0.5) is 5.69 Å². The van der Waals surface area contributed by atoms with E-state index < -0.39 is 0 Å². The molecule has 0 unspecified atom stereocenters. The van der Waals surface area contributed by atoms with Crippen LogP contribution in [0.2, 0.25) is 0 Å². The molecule has 114 valence electrons. The van der Waals surface area contributed by atoms with Crippen LogP contribution < -0.4 is 9.88 Å². The van der Waals surface area contributed by atoms with Gasteiger partial charge in [0.1, 0.15) is 0 Å². The fourth-order valence-corrected chi connectivity index (χ4v) is 2.36. The molecule has 3 rings (SSSR count). The van der Waals surface area contributed by atoms with E-state index in [-0.39, 0.29) is 5.78 Å². The van der Waals surface area contributed by atoms with Crippen molar-refractivity contribution in [2.45, 2.75) is 13.1 Å². The largest absolute Gasteiger partial charge is 0.381 e. The zero-order valence-electron chi connectivity index (χ0n) is 12.9. The monoisotopic (exact) mass is 303 g/mol. The van der Waals surface area contributed by atoms with Crippen LogP contribution in [0.3, 0.4) is 0 Å². The van der Waals surface area contributed by atoms with Crippen LogP contribution in [0, 0.1) is 0 Å². The predicted octanol–water partition coefficient (Wildman–Crippen LogP) is 3.47. The number of aromatic nitrogens is 1. The lowest BCUT2D eigenvalue weighted by atomic mass is 10.1. The van der Waals surface area contributed by atoms with Crippen LogP contribution in [-0.4, -0.2) is 5.78 Å². The maximum Gasteiger partial charge on any atom is 0.227 e. The first-order valence-corrected chi connectivity index (χ1v) is 7.66. The highest BCUT2D eigenvalue weighted by atomic mass is 16.1. The lowest BCUT2D eigenvalue weighted by Gasteiger charge is -2.05. The summed E-state index contributed by atoms with van der Waals surface area (Å²) in [7, 11) is 0. The van der Waals surface area contributed by atoms with Crippen LogP contribution in [0.5, 0.6) is 0 Å². The molecule has 0 radical (unpaired) electrons. The quantitative estimate of drug-likeness (QED) is 0.559. The highest BCUT2D eigenvalue weighted by Crippen LogP contribution is 2.07. The Morgan fingerprint density at radius 1 is 0.826 bits per heavy atom. The molecule has 0 spiro atoms. The number of nitrogens with one attached hydrogen (secondary N) is 1. The number of Topliss-reactive ketones (excluding diaryl/α,β-unsaturated/α-hetero) is 1. The number of nitrogens with zero attached hydrogens (tertiary/aromatic N) is 1. The normalized spacial score (nSPS) is 10.3. The highest BCUT2D eigenvalue weighted by Gasteiger charge is 2.11. The molecular weight excluding hydrogens is 284 g/mol. The van der Waals surface area contributed by atoms with Gasteiger partial charge in [0.15, 0.2) is 12.4 Å². The third-order valence-electron chi connectivity index (χ3n) is 3.65. The summed E-state index contributed by atoms with van der Waals surface area (Å²) in [5, 5.41) is 3.37. The number of carbonyl (C=O) groups excluding carboxylic acids is 1. The summed E-state index contributed by atoms with van der Waals surface area (Å²) in [4.78, 5) is 12.2. The molecule has 0 aliphatic rings. The number of benzene rings is 2. The van der Waals surface area contributed by atoms with Crippen LogP contribution in [0.25, 0.3) is 0 Å². The highest BCUT2D eigenvalue weighted by molar-refractivity contribution is 5.94. The summed E-state index contributed by atoms with van der Waals surface area (Å²) in [5.41, 5.74) is 3.02. The SMILES string of the molecule is O=C(C[n+]1ccc(NCc2ccccc2)cc1)c1ccccc1. The van der Waals surface area contributed by atoms with E-state index in [1.807, 2.05) is 77.6 Å². The van der Waals surface area contributed by atoms with Crippen molar-refractivity contribution < 1.29 is 9.36 Å². The molecule has 0 aliphatic heterocycles. The van der Waals surface area contributed by atoms with Gasteiger partial charge in [0, 0.05) is 29.9 Å². The Morgan fingerprint density at radius 2 is 1.43 bits per heavy atom. The van der Waals surface area contributed by atoms with Crippen molar-refractivity contribution in [3.8, 4) is 0 Å². The van der Waals surface area contributed by atoms with E-state index in [1.165, 1.54) is 5.56 Å². The van der Waals surface area contributed by atoms with Crippen LogP contribution in [0.1, 0.15) is 15.9 Å². The van der Waals surface area contributed by atoms with Gasteiger partial charge in [0.2, 0.25) is 12.3 Å². The van der Waals surface area contributed by atoms with Gasteiger partial charge in [-0.25, -0.2) is 0 Å². The molecule has 2 aromatic carbocycles. The van der Waals surface area contributed by atoms with Crippen molar-refractivity contribution in [1.29, 1.82) is 0 Å². The predicted molar refractivity (Wildman–Crippen MR) is 91.2 cm³/mol. The second kappa shape index (κ2) is 7.36. The molecule has 0 bridgehead atoms. The summed E-state index contributed by atoms with van der Waals surface area (Å²) < 4.78 is 1.89. The molecule has 0 saturated carbocycles. The van der Waals surface area contributed by atoms with Gasteiger partial charge in [-0.15, -0.1) is 0 Å². The minimum atomic E-state index is 0.112. The Morgan fingerprint density at radius 3 is 2.09 bits per heavy atom. The summed E-state index contributed by atoms with van der Waals surface area (Å²) in [6.07, 6.45) is 3.85. The molecule has 0 amide bonds. The van der Waals surface area contributed by atoms with Gasteiger partial charge in [-0.2, -0.15) is 4.57 Å². The lowest BCUT2D eigenvalue weighted by Crippen LogP contribution is -2.37. The van der Waals surface area contributed by atoms with E-state index in [1.54, 1.807) is 0 Å². The molecule has 3 heteroatoms. The summed E-state index contributed by atoms with van der Waals surface area (Å²) in [6.45, 7) is 1.14. The van der Waals surface area contributed by atoms with E-state index in [0.29, 0.717) is 6.54 Å². The summed E-state index contributed by atoms with van der Waals surface area (Å²) >= 11 is 0. The Kier molecular flexibility index (Phi) is 4.79. The maximum atomic E-state index is 12.2. The minimum Gasteiger partial charge on any atom is -0.381 e. The molecule has 3 nitrogen and oxygen atoms in total. The number of hydrogen-bond donors (Lipinski definition) is 1. The summed E-state index contributed by atoms with van der Waals surface area (Å²) in [6, 6.07) is 23.6.